The molecule has 4 nitrogen and oxygen atoms in total. The number of nitrogens with zero attached hydrogens (tertiary/aromatic N) is 1. The normalized spacial score (nSPS) is 12.1. The van der Waals surface area contributed by atoms with Crippen LogP contribution in [0.15, 0.2) is 23.1 Å². The van der Waals surface area contributed by atoms with E-state index in [9.17, 15) is 8.42 Å². The Kier molecular flexibility index (Phi) is 2.17. The molecule has 0 radical (unpaired) electrons. The van der Waals surface area contributed by atoms with Crippen LogP contribution in [-0.2, 0) is 9.05 Å². The molecule has 74 valence electrons. The average molecular weight is 251 g/mol. The highest BCUT2D eigenvalue weighted by atomic mass is 35.7. The fourth-order valence-corrected chi connectivity index (χ4v) is 2.08. The molecule has 1 aromatic carbocycles. The fraction of sp³-hybridized carbons (Fsp3) is 0. The summed E-state index contributed by atoms with van der Waals surface area (Å²) in [5.74, 6) is 0. The molecule has 1 heterocycles. The molecule has 1 aromatic heterocycles. The van der Waals surface area contributed by atoms with Crippen LogP contribution in [0.5, 0.6) is 0 Å². The molecule has 0 aliphatic heterocycles. The van der Waals surface area contributed by atoms with Crippen LogP contribution in [-0.4, -0.2) is 18.6 Å². The molecule has 0 aliphatic rings. The van der Waals surface area contributed by atoms with Gasteiger partial charge in [0.05, 0.1) is 10.4 Å². The second-order valence-corrected chi connectivity index (χ2v) is 5.60. The maximum Gasteiger partial charge on any atom is 0.261 e. The van der Waals surface area contributed by atoms with Crippen LogP contribution < -0.4 is 0 Å². The van der Waals surface area contributed by atoms with E-state index in [2.05, 4.69) is 10.2 Å². The summed E-state index contributed by atoms with van der Waals surface area (Å²) < 4.78 is 22.0. The van der Waals surface area contributed by atoms with Gasteiger partial charge < -0.3 is 0 Å². The number of hydrogen-bond donors (Lipinski definition) is 1. The zero-order valence-corrected chi connectivity index (χ0v) is 8.99. The minimum Gasteiger partial charge on any atom is -0.266 e. The van der Waals surface area contributed by atoms with Crippen molar-refractivity contribution in [3.05, 3.63) is 23.4 Å². The Labute approximate surface area is 89.2 Å². The summed E-state index contributed by atoms with van der Waals surface area (Å²) in [5.41, 5.74) is 0.596. The third kappa shape index (κ3) is 1.58. The third-order valence-corrected chi connectivity index (χ3v) is 3.40. The van der Waals surface area contributed by atoms with Gasteiger partial charge in [-0.05, 0) is 18.2 Å². The van der Waals surface area contributed by atoms with Crippen molar-refractivity contribution < 1.29 is 8.42 Å². The van der Waals surface area contributed by atoms with Crippen LogP contribution in [0.3, 0.4) is 0 Å². The maximum atomic E-state index is 11.0. The predicted octanol–water partition coefficient (Wildman–Crippen LogP) is 2.14. The Morgan fingerprint density at radius 3 is 2.71 bits per heavy atom. The number of hydrogen-bond acceptors (Lipinski definition) is 3. The van der Waals surface area contributed by atoms with Crippen molar-refractivity contribution in [2.45, 2.75) is 4.90 Å². The molecule has 0 fully saturated rings. The molecule has 1 N–H and O–H groups in total. The highest BCUT2D eigenvalue weighted by molar-refractivity contribution is 8.13. The first kappa shape index (κ1) is 9.76. The lowest BCUT2D eigenvalue weighted by molar-refractivity contribution is 0.609. The Morgan fingerprint density at radius 1 is 1.36 bits per heavy atom. The number of halogens is 2. The van der Waals surface area contributed by atoms with Gasteiger partial charge in [0.1, 0.15) is 5.15 Å². The lowest BCUT2D eigenvalue weighted by atomic mass is 10.3. The maximum absolute atomic E-state index is 11.0. The summed E-state index contributed by atoms with van der Waals surface area (Å²) >= 11 is 5.74. The van der Waals surface area contributed by atoms with E-state index in [1.807, 2.05) is 0 Å². The zero-order chi connectivity index (χ0) is 10.3. The standard InChI is InChI=1S/C7H4Cl2N2O2S/c8-7-5-3-4(14(9,12)13)1-2-6(5)10-11-7/h1-3H,(H,10,11). The summed E-state index contributed by atoms with van der Waals surface area (Å²) in [6.45, 7) is 0. The van der Waals surface area contributed by atoms with Crippen LogP contribution in [0, 0.1) is 0 Å². The number of aromatic amines is 1. The van der Waals surface area contributed by atoms with Crippen LogP contribution >= 0.6 is 22.3 Å². The third-order valence-electron chi connectivity index (χ3n) is 1.76. The van der Waals surface area contributed by atoms with Gasteiger partial charge in [-0.3, -0.25) is 5.10 Å². The highest BCUT2D eigenvalue weighted by Gasteiger charge is 2.12. The monoisotopic (exact) mass is 250 g/mol. The molecule has 2 aromatic rings. The Hall–Kier alpha value is -0.780. The van der Waals surface area contributed by atoms with Gasteiger partial charge in [-0.15, -0.1) is 0 Å². The van der Waals surface area contributed by atoms with Gasteiger partial charge in [-0.25, -0.2) is 8.42 Å². The van der Waals surface area contributed by atoms with E-state index >= 15 is 0 Å². The van der Waals surface area contributed by atoms with Gasteiger partial charge in [0.15, 0.2) is 0 Å². The van der Waals surface area contributed by atoms with Gasteiger partial charge >= 0.3 is 0 Å². The van der Waals surface area contributed by atoms with E-state index in [0.29, 0.717) is 16.1 Å². The van der Waals surface area contributed by atoms with Crippen molar-refractivity contribution in [2.24, 2.45) is 0 Å². The second kappa shape index (κ2) is 3.12. The molecule has 0 saturated heterocycles. The Balaban J connectivity index is 2.79. The molecule has 14 heavy (non-hydrogen) atoms. The lowest BCUT2D eigenvalue weighted by Crippen LogP contribution is -1.89. The first-order valence-corrected chi connectivity index (χ1v) is 6.25. The van der Waals surface area contributed by atoms with Crippen LogP contribution in [0.4, 0.5) is 0 Å². The first-order chi connectivity index (χ1) is 6.48. The fourth-order valence-electron chi connectivity index (χ4n) is 1.11. The van der Waals surface area contributed by atoms with E-state index in [1.165, 1.54) is 18.2 Å². The van der Waals surface area contributed by atoms with E-state index < -0.39 is 9.05 Å². The molecule has 0 bridgehead atoms. The number of fused-ring (bicyclic) bond motifs is 1. The van der Waals surface area contributed by atoms with Gasteiger partial charge in [0.25, 0.3) is 9.05 Å². The van der Waals surface area contributed by atoms with Gasteiger partial charge in [0.2, 0.25) is 0 Å². The summed E-state index contributed by atoms with van der Waals surface area (Å²) in [4.78, 5) is 0.00923. The molecule has 0 unspecified atom stereocenters. The minimum atomic E-state index is -3.72. The van der Waals surface area contributed by atoms with E-state index in [0.717, 1.165) is 0 Å². The molecule has 0 atom stereocenters. The molecule has 7 heteroatoms. The molecular formula is C7H4Cl2N2O2S. The highest BCUT2D eigenvalue weighted by Crippen LogP contribution is 2.24. The predicted molar refractivity (Wildman–Crippen MR) is 54.1 cm³/mol. The Morgan fingerprint density at radius 2 is 2.07 bits per heavy atom. The van der Waals surface area contributed by atoms with E-state index in [-0.39, 0.29) is 4.90 Å². The van der Waals surface area contributed by atoms with Crippen LogP contribution in [0.1, 0.15) is 0 Å². The molecule has 2 rings (SSSR count). The average Bonchev–Trinajstić information content (AvgIpc) is 2.46. The van der Waals surface area contributed by atoms with E-state index in [1.54, 1.807) is 0 Å². The van der Waals surface area contributed by atoms with Crippen molar-refractivity contribution >= 4 is 42.2 Å². The number of nitrogens with one attached hydrogen (secondary N) is 1. The zero-order valence-electron chi connectivity index (χ0n) is 6.66. The summed E-state index contributed by atoms with van der Waals surface area (Å²) in [7, 11) is 1.46. The molecule has 0 spiro atoms. The number of aromatic nitrogens is 2. The minimum absolute atomic E-state index is 0.00923. The number of rotatable bonds is 1. The quantitative estimate of drug-likeness (QED) is 0.790. The summed E-state index contributed by atoms with van der Waals surface area (Å²) in [6, 6.07) is 4.29. The molecule has 0 aliphatic carbocycles. The molecule has 0 amide bonds. The van der Waals surface area contributed by atoms with E-state index in [4.69, 9.17) is 22.3 Å². The summed E-state index contributed by atoms with van der Waals surface area (Å²) in [6.07, 6.45) is 0. The topological polar surface area (TPSA) is 62.8 Å². The number of benzene rings is 1. The molecule has 0 saturated carbocycles. The number of H-pyrrole nitrogens is 1. The van der Waals surface area contributed by atoms with Crippen molar-refractivity contribution in [2.75, 3.05) is 0 Å². The second-order valence-electron chi connectivity index (χ2n) is 2.65. The van der Waals surface area contributed by atoms with Crippen molar-refractivity contribution in [3.8, 4) is 0 Å². The molecular weight excluding hydrogens is 247 g/mol. The first-order valence-electron chi connectivity index (χ1n) is 3.57. The summed E-state index contributed by atoms with van der Waals surface area (Å²) in [5, 5.41) is 7.21. The lowest BCUT2D eigenvalue weighted by Gasteiger charge is -1.94. The smallest absolute Gasteiger partial charge is 0.261 e. The van der Waals surface area contributed by atoms with Gasteiger partial charge in [0, 0.05) is 16.1 Å². The van der Waals surface area contributed by atoms with Crippen LogP contribution in [0.25, 0.3) is 10.9 Å². The van der Waals surface area contributed by atoms with Gasteiger partial charge in [-0.2, -0.15) is 5.10 Å². The van der Waals surface area contributed by atoms with Crippen molar-refractivity contribution in [1.29, 1.82) is 0 Å². The largest absolute Gasteiger partial charge is 0.266 e. The Bertz CT molecular complexity index is 591. The van der Waals surface area contributed by atoms with Gasteiger partial charge in [-0.1, -0.05) is 11.6 Å². The van der Waals surface area contributed by atoms with Crippen molar-refractivity contribution in [3.63, 3.8) is 0 Å². The SMILES string of the molecule is O=S(=O)(Cl)c1ccc2n[nH]c(Cl)c2c1. The van der Waals surface area contributed by atoms with Crippen molar-refractivity contribution in [1.82, 2.24) is 10.2 Å². The van der Waals surface area contributed by atoms with Crippen LogP contribution in [0.2, 0.25) is 5.15 Å².